The van der Waals surface area contributed by atoms with E-state index < -0.39 is 0 Å². The van der Waals surface area contributed by atoms with Crippen molar-refractivity contribution >= 4 is 35.4 Å². The van der Waals surface area contributed by atoms with Gasteiger partial charge >= 0.3 is 0 Å². The van der Waals surface area contributed by atoms with Crippen molar-refractivity contribution in [2.24, 2.45) is 11.8 Å². The number of hydrogen-bond acceptors (Lipinski definition) is 5. The summed E-state index contributed by atoms with van der Waals surface area (Å²) in [5, 5.41) is 5.10. The lowest BCUT2D eigenvalue weighted by Crippen LogP contribution is -2.39. The Morgan fingerprint density at radius 1 is 1.10 bits per heavy atom. The van der Waals surface area contributed by atoms with E-state index in [2.05, 4.69) is 10.6 Å². The van der Waals surface area contributed by atoms with Gasteiger partial charge in [0, 0.05) is 32.0 Å². The molecule has 0 aromatic carbocycles. The molecule has 1 fully saturated rings. The van der Waals surface area contributed by atoms with E-state index >= 15 is 0 Å². The lowest BCUT2D eigenvalue weighted by Gasteiger charge is -2.14. The summed E-state index contributed by atoms with van der Waals surface area (Å²) in [6.07, 6.45) is 0. The van der Waals surface area contributed by atoms with Gasteiger partial charge in [-0.15, -0.1) is 11.8 Å². The molecule has 7 nitrogen and oxygen atoms in total. The first-order valence-electron chi connectivity index (χ1n) is 6.78. The van der Waals surface area contributed by atoms with Crippen LogP contribution in [0.1, 0.15) is 13.8 Å². The summed E-state index contributed by atoms with van der Waals surface area (Å²) in [4.78, 5) is 47.3. The van der Waals surface area contributed by atoms with Gasteiger partial charge in [-0.1, -0.05) is 13.8 Å². The number of imide groups is 1. The Balaban J connectivity index is 2.24. The fourth-order valence-electron chi connectivity index (χ4n) is 1.92. The fraction of sp³-hybridized carbons (Fsp3) is 0.692. The summed E-state index contributed by atoms with van der Waals surface area (Å²) in [5.41, 5.74) is 0. The molecule has 21 heavy (non-hydrogen) atoms. The average molecular weight is 315 g/mol. The number of rotatable bonds is 7. The first kappa shape index (κ1) is 17.5. The van der Waals surface area contributed by atoms with Crippen LogP contribution in [0.4, 0.5) is 0 Å². The van der Waals surface area contributed by atoms with Gasteiger partial charge < -0.3 is 10.6 Å². The van der Waals surface area contributed by atoms with Crippen LogP contribution in [0, 0.1) is 11.8 Å². The van der Waals surface area contributed by atoms with Crippen LogP contribution in [0.25, 0.3) is 0 Å². The minimum atomic E-state index is -0.295. The molecule has 0 aromatic heterocycles. The second-order valence-corrected chi connectivity index (χ2v) is 5.91. The first-order chi connectivity index (χ1) is 9.88. The molecule has 118 valence electrons. The van der Waals surface area contributed by atoms with Gasteiger partial charge in [0.1, 0.15) is 0 Å². The SMILES string of the molecule is CNC(=O)CSCC(=O)NCCN1C(=O)[C@@H](C)[C@H](C)C1=O. The van der Waals surface area contributed by atoms with Gasteiger partial charge in [0.2, 0.25) is 23.6 Å². The molecule has 1 saturated heterocycles. The largest absolute Gasteiger partial charge is 0.358 e. The molecule has 0 radical (unpaired) electrons. The number of likely N-dealkylation sites (tertiary alicyclic amines) is 1. The standard InChI is InChI=1S/C13H21N3O4S/c1-8-9(2)13(20)16(12(8)19)5-4-15-11(18)7-21-6-10(17)14-3/h8-9H,4-7H2,1-3H3,(H,14,17)(H,15,18)/t8-,9-/m0/s1. The van der Waals surface area contributed by atoms with Crippen LogP contribution in [-0.4, -0.2) is 60.2 Å². The fourth-order valence-corrected chi connectivity index (χ4v) is 2.63. The van der Waals surface area contributed by atoms with Crippen molar-refractivity contribution < 1.29 is 19.2 Å². The van der Waals surface area contributed by atoms with E-state index in [1.165, 1.54) is 23.7 Å². The van der Waals surface area contributed by atoms with E-state index in [0.29, 0.717) is 0 Å². The van der Waals surface area contributed by atoms with E-state index in [9.17, 15) is 19.2 Å². The summed E-state index contributed by atoms with van der Waals surface area (Å²) in [5.74, 6) is -0.920. The molecule has 1 aliphatic rings. The molecule has 4 amide bonds. The van der Waals surface area contributed by atoms with Crippen molar-refractivity contribution in [2.45, 2.75) is 13.8 Å². The number of nitrogens with zero attached hydrogens (tertiary/aromatic N) is 1. The summed E-state index contributed by atoms with van der Waals surface area (Å²) in [7, 11) is 1.54. The van der Waals surface area contributed by atoms with Crippen molar-refractivity contribution in [2.75, 3.05) is 31.6 Å². The molecule has 1 heterocycles. The molecule has 0 aliphatic carbocycles. The second-order valence-electron chi connectivity index (χ2n) is 4.92. The van der Waals surface area contributed by atoms with Crippen LogP contribution in [0.3, 0.4) is 0 Å². The van der Waals surface area contributed by atoms with Crippen LogP contribution in [-0.2, 0) is 19.2 Å². The van der Waals surface area contributed by atoms with Crippen LogP contribution in [0.2, 0.25) is 0 Å². The van der Waals surface area contributed by atoms with Crippen LogP contribution in [0.5, 0.6) is 0 Å². The van der Waals surface area contributed by atoms with Crippen molar-refractivity contribution in [1.82, 2.24) is 15.5 Å². The van der Waals surface area contributed by atoms with E-state index in [0.717, 1.165) is 0 Å². The molecule has 2 atom stereocenters. The van der Waals surface area contributed by atoms with Crippen LogP contribution in [0.15, 0.2) is 0 Å². The summed E-state index contributed by atoms with van der Waals surface area (Å²) in [6.45, 7) is 3.90. The van der Waals surface area contributed by atoms with Gasteiger partial charge in [-0.3, -0.25) is 24.1 Å². The molecular formula is C13H21N3O4S. The maximum Gasteiger partial charge on any atom is 0.232 e. The van der Waals surface area contributed by atoms with E-state index in [4.69, 9.17) is 0 Å². The third kappa shape index (κ3) is 4.73. The highest BCUT2D eigenvalue weighted by Crippen LogP contribution is 2.24. The topological polar surface area (TPSA) is 95.6 Å². The van der Waals surface area contributed by atoms with E-state index in [1.807, 2.05) is 0 Å². The maximum absolute atomic E-state index is 11.8. The Kier molecular flexibility index (Phi) is 6.67. The Labute approximate surface area is 128 Å². The smallest absolute Gasteiger partial charge is 0.232 e. The van der Waals surface area contributed by atoms with Gasteiger partial charge in [-0.05, 0) is 0 Å². The summed E-state index contributed by atoms with van der Waals surface area (Å²) < 4.78 is 0. The van der Waals surface area contributed by atoms with E-state index in [1.54, 1.807) is 13.8 Å². The molecule has 0 saturated carbocycles. The minimum Gasteiger partial charge on any atom is -0.358 e. The summed E-state index contributed by atoms with van der Waals surface area (Å²) >= 11 is 1.21. The number of hydrogen-bond donors (Lipinski definition) is 2. The van der Waals surface area contributed by atoms with E-state index in [-0.39, 0.29) is 60.1 Å². The van der Waals surface area contributed by atoms with Gasteiger partial charge in [-0.2, -0.15) is 0 Å². The maximum atomic E-state index is 11.8. The number of nitrogens with one attached hydrogen (secondary N) is 2. The zero-order valence-corrected chi connectivity index (χ0v) is 13.3. The van der Waals surface area contributed by atoms with Gasteiger partial charge in [0.25, 0.3) is 0 Å². The Morgan fingerprint density at radius 3 is 2.14 bits per heavy atom. The molecule has 1 aliphatic heterocycles. The van der Waals surface area contributed by atoms with Gasteiger partial charge in [0.15, 0.2) is 0 Å². The zero-order chi connectivity index (χ0) is 16.0. The first-order valence-corrected chi connectivity index (χ1v) is 7.94. The third-order valence-electron chi connectivity index (χ3n) is 3.46. The van der Waals surface area contributed by atoms with Crippen molar-refractivity contribution in [3.05, 3.63) is 0 Å². The number of carbonyl (C=O) groups is 4. The van der Waals surface area contributed by atoms with Crippen molar-refractivity contribution in [1.29, 1.82) is 0 Å². The lowest BCUT2D eigenvalue weighted by molar-refractivity contribution is -0.140. The lowest BCUT2D eigenvalue weighted by atomic mass is 10.00. The second kappa shape index (κ2) is 8.02. The molecule has 2 N–H and O–H groups in total. The molecule has 8 heteroatoms. The molecule has 0 bridgehead atoms. The number of thioether (sulfide) groups is 1. The predicted molar refractivity (Wildman–Crippen MR) is 79.4 cm³/mol. The molecule has 0 aromatic rings. The molecule has 0 unspecified atom stereocenters. The Morgan fingerprint density at radius 2 is 1.62 bits per heavy atom. The van der Waals surface area contributed by atoms with Gasteiger partial charge in [-0.25, -0.2) is 0 Å². The van der Waals surface area contributed by atoms with Crippen molar-refractivity contribution in [3.8, 4) is 0 Å². The normalized spacial score (nSPS) is 21.6. The van der Waals surface area contributed by atoms with Crippen LogP contribution >= 0.6 is 11.8 Å². The quantitative estimate of drug-likeness (QED) is 0.601. The minimum absolute atomic E-state index is 0.135. The third-order valence-corrected chi connectivity index (χ3v) is 4.40. The zero-order valence-electron chi connectivity index (χ0n) is 12.5. The van der Waals surface area contributed by atoms with Crippen LogP contribution < -0.4 is 10.6 Å². The highest BCUT2D eigenvalue weighted by atomic mass is 32.2. The molecular weight excluding hydrogens is 294 g/mol. The monoisotopic (exact) mass is 315 g/mol. The Hall–Kier alpha value is -1.57. The number of amides is 4. The highest BCUT2D eigenvalue weighted by molar-refractivity contribution is 8.00. The molecule has 0 spiro atoms. The predicted octanol–water partition coefficient (Wildman–Crippen LogP) is -0.777. The molecule has 1 rings (SSSR count). The van der Waals surface area contributed by atoms with Gasteiger partial charge in [0.05, 0.1) is 11.5 Å². The highest BCUT2D eigenvalue weighted by Gasteiger charge is 2.41. The number of carbonyl (C=O) groups excluding carboxylic acids is 4. The van der Waals surface area contributed by atoms with Crippen molar-refractivity contribution in [3.63, 3.8) is 0 Å². The summed E-state index contributed by atoms with van der Waals surface area (Å²) in [6, 6.07) is 0. The average Bonchev–Trinajstić information content (AvgIpc) is 2.64. The Bertz CT molecular complexity index is 421.